The van der Waals surface area contributed by atoms with Crippen LogP contribution in [0.5, 0.6) is 0 Å². The number of methoxy groups -OCH3 is 1. The molecule has 1 aliphatic carbocycles. The van der Waals surface area contributed by atoms with Gasteiger partial charge in [0.2, 0.25) is 11.7 Å². The maximum Gasteiger partial charge on any atom is 0.230 e. The van der Waals surface area contributed by atoms with Crippen LogP contribution in [0.2, 0.25) is 0 Å². The van der Waals surface area contributed by atoms with Gasteiger partial charge in [-0.05, 0) is 38.1 Å². The minimum Gasteiger partial charge on any atom is -0.370 e. The lowest BCUT2D eigenvalue weighted by molar-refractivity contribution is -0.0306. The molecule has 1 saturated carbocycles. The standard InChI is InChI=1S/C14H25N3O2/c1-4-14(5-2,18-3)13-16-12(19-17-13)11-8-6-7-10(11)9-15/h10-11H,4-9,15H2,1-3H3. The number of nitrogens with two attached hydrogens (primary N) is 1. The zero-order chi connectivity index (χ0) is 13.9. The maximum atomic E-state index is 5.82. The van der Waals surface area contributed by atoms with Gasteiger partial charge in [-0.15, -0.1) is 0 Å². The Hall–Kier alpha value is -0.940. The zero-order valence-electron chi connectivity index (χ0n) is 12.2. The third-order valence-electron chi connectivity index (χ3n) is 4.66. The van der Waals surface area contributed by atoms with Gasteiger partial charge in [0, 0.05) is 13.0 Å². The van der Waals surface area contributed by atoms with Crippen LogP contribution in [0.25, 0.3) is 0 Å². The molecule has 0 radical (unpaired) electrons. The summed E-state index contributed by atoms with van der Waals surface area (Å²) >= 11 is 0. The van der Waals surface area contributed by atoms with Crippen LogP contribution in [-0.2, 0) is 10.3 Å². The minimum atomic E-state index is -0.418. The minimum absolute atomic E-state index is 0.328. The molecule has 1 heterocycles. The fraction of sp³-hybridized carbons (Fsp3) is 0.857. The quantitative estimate of drug-likeness (QED) is 0.857. The fourth-order valence-electron chi connectivity index (χ4n) is 3.16. The summed E-state index contributed by atoms with van der Waals surface area (Å²) in [5.74, 6) is 2.23. The number of aromatic nitrogens is 2. The van der Waals surface area contributed by atoms with Crippen LogP contribution in [0, 0.1) is 5.92 Å². The van der Waals surface area contributed by atoms with E-state index in [1.165, 1.54) is 6.42 Å². The van der Waals surface area contributed by atoms with Crippen LogP contribution < -0.4 is 5.73 Å². The highest BCUT2D eigenvalue weighted by Gasteiger charge is 2.37. The fourth-order valence-corrected chi connectivity index (χ4v) is 3.16. The highest BCUT2D eigenvalue weighted by Crippen LogP contribution is 2.39. The van der Waals surface area contributed by atoms with E-state index < -0.39 is 5.60 Å². The van der Waals surface area contributed by atoms with Crippen molar-refractivity contribution in [1.82, 2.24) is 10.1 Å². The second kappa shape index (κ2) is 6.01. The van der Waals surface area contributed by atoms with Gasteiger partial charge in [0.15, 0.2) is 0 Å². The lowest BCUT2D eigenvalue weighted by Gasteiger charge is -2.26. The molecule has 0 aromatic carbocycles. The average Bonchev–Trinajstić information content (AvgIpc) is 3.10. The number of hydrogen-bond donors (Lipinski definition) is 1. The first-order valence-corrected chi connectivity index (χ1v) is 7.30. The SMILES string of the molecule is CCC(CC)(OC)c1noc(C2CCCC2CN)n1. The molecule has 2 N–H and O–H groups in total. The molecular weight excluding hydrogens is 242 g/mol. The van der Waals surface area contributed by atoms with Crippen molar-refractivity contribution in [2.45, 2.75) is 57.5 Å². The first-order valence-electron chi connectivity index (χ1n) is 7.30. The van der Waals surface area contributed by atoms with Gasteiger partial charge in [-0.3, -0.25) is 0 Å². The molecule has 108 valence electrons. The highest BCUT2D eigenvalue weighted by molar-refractivity contribution is 5.05. The van der Waals surface area contributed by atoms with Gasteiger partial charge in [0.1, 0.15) is 5.60 Å². The summed E-state index contributed by atoms with van der Waals surface area (Å²) in [7, 11) is 1.71. The summed E-state index contributed by atoms with van der Waals surface area (Å²) in [6, 6.07) is 0. The van der Waals surface area contributed by atoms with Gasteiger partial charge in [-0.1, -0.05) is 25.4 Å². The molecule has 0 spiro atoms. The van der Waals surface area contributed by atoms with Crippen molar-refractivity contribution in [2.75, 3.05) is 13.7 Å². The monoisotopic (exact) mass is 267 g/mol. The van der Waals surface area contributed by atoms with E-state index >= 15 is 0 Å². The summed E-state index contributed by atoms with van der Waals surface area (Å²) in [5.41, 5.74) is 5.40. The molecule has 19 heavy (non-hydrogen) atoms. The van der Waals surface area contributed by atoms with E-state index in [1.54, 1.807) is 7.11 Å². The van der Waals surface area contributed by atoms with Gasteiger partial charge in [-0.2, -0.15) is 4.98 Å². The van der Waals surface area contributed by atoms with Crippen LogP contribution in [-0.4, -0.2) is 23.8 Å². The first-order chi connectivity index (χ1) is 9.20. The smallest absolute Gasteiger partial charge is 0.230 e. The van der Waals surface area contributed by atoms with Crippen molar-refractivity contribution in [3.63, 3.8) is 0 Å². The van der Waals surface area contributed by atoms with E-state index in [-0.39, 0.29) is 0 Å². The summed E-state index contributed by atoms with van der Waals surface area (Å²) in [5, 5.41) is 4.16. The molecule has 1 aliphatic rings. The Morgan fingerprint density at radius 3 is 2.68 bits per heavy atom. The molecule has 2 rings (SSSR count). The molecule has 0 aliphatic heterocycles. The molecule has 2 atom stereocenters. The first kappa shape index (κ1) is 14.5. The molecule has 0 bridgehead atoms. The Morgan fingerprint density at radius 2 is 2.11 bits per heavy atom. The van der Waals surface area contributed by atoms with Crippen molar-refractivity contribution in [3.8, 4) is 0 Å². The Labute approximate surface area is 114 Å². The van der Waals surface area contributed by atoms with Crippen molar-refractivity contribution < 1.29 is 9.26 Å². The average molecular weight is 267 g/mol. The number of hydrogen-bond acceptors (Lipinski definition) is 5. The van der Waals surface area contributed by atoms with E-state index in [9.17, 15) is 0 Å². The van der Waals surface area contributed by atoms with Gasteiger partial charge < -0.3 is 15.0 Å². The lowest BCUT2D eigenvalue weighted by atomic mass is 9.95. The number of ether oxygens (including phenoxy) is 1. The van der Waals surface area contributed by atoms with Crippen molar-refractivity contribution in [3.05, 3.63) is 11.7 Å². The summed E-state index contributed by atoms with van der Waals surface area (Å²) in [6.45, 7) is 4.86. The summed E-state index contributed by atoms with van der Waals surface area (Å²) in [4.78, 5) is 4.62. The Bertz CT molecular complexity index is 393. The molecular formula is C14H25N3O2. The second-order valence-electron chi connectivity index (χ2n) is 5.39. The molecule has 2 unspecified atom stereocenters. The predicted molar refractivity (Wildman–Crippen MR) is 72.7 cm³/mol. The molecule has 1 aromatic rings. The van der Waals surface area contributed by atoms with Crippen LogP contribution in [0.15, 0.2) is 4.52 Å². The molecule has 0 amide bonds. The maximum absolute atomic E-state index is 5.82. The number of rotatable bonds is 6. The van der Waals surface area contributed by atoms with Gasteiger partial charge in [-0.25, -0.2) is 0 Å². The predicted octanol–water partition coefficient (Wildman–Crippen LogP) is 2.57. The van der Waals surface area contributed by atoms with Crippen LogP contribution in [0.1, 0.15) is 63.6 Å². The summed E-state index contributed by atoms with van der Waals surface area (Å²) < 4.78 is 11.1. The van der Waals surface area contributed by atoms with E-state index in [4.69, 9.17) is 15.0 Å². The van der Waals surface area contributed by atoms with Crippen LogP contribution in [0.4, 0.5) is 0 Å². The van der Waals surface area contributed by atoms with E-state index in [2.05, 4.69) is 24.0 Å². The topological polar surface area (TPSA) is 74.2 Å². The van der Waals surface area contributed by atoms with Gasteiger partial charge >= 0.3 is 0 Å². The number of nitrogens with zero attached hydrogens (tertiary/aromatic N) is 2. The lowest BCUT2D eigenvalue weighted by Crippen LogP contribution is -2.28. The molecule has 0 saturated heterocycles. The Balaban J connectivity index is 2.23. The molecule has 5 heteroatoms. The third-order valence-corrected chi connectivity index (χ3v) is 4.66. The zero-order valence-corrected chi connectivity index (χ0v) is 12.2. The van der Waals surface area contributed by atoms with Crippen molar-refractivity contribution >= 4 is 0 Å². The van der Waals surface area contributed by atoms with E-state index in [1.807, 2.05) is 0 Å². The molecule has 1 aromatic heterocycles. The normalized spacial score (nSPS) is 24.0. The van der Waals surface area contributed by atoms with E-state index in [0.29, 0.717) is 24.2 Å². The van der Waals surface area contributed by atoms with Crippen LogP contribution in [0.3, 0.4) is 0 Å². The van der Waals surface area contributed by atoms with Gasteiger partial charge in [0.25, 0.3) is 0 Å². The molecule has 1 fully saturated rings. The van der Waals surface area contributed by atoms with Crippen LogP contribution >= 0.6 is 0 Å². The van der Waals surface area contributed by atoms with E-state index in [0.717, 1.165) is 31.6 Å². The molecule has 5 nitrogen and oxygen atoms in total. The highest BCUT2D eigenvalue weighted by atomic mass is 16.5. The van der Waals surface area contributed by atoms with Crippen molar-refractivity contribution in [1.29, 1.82) is 0 Å². The largest absolute Gasteiger partial charge is 0.370 e. The van der Waals surface area contributed by atoms with Gasteiger partial charge in [0.05, 0.1) is 0 Å². The third kappa shape index (κ3) is 2.54. The second-order valence-corrected chi connectivity index (χ2v) is 5.39. The van der Waals surface area contributed by atoms with Crippen molar-refractivity contribution in [2.24, 2.45) is 11.7 Å². The Kier molecular flexibility index (Phi) is 4.58. The Morgan fingerprint density at radius 1 is 1.37 bits per heavy atom. The summed E-state index contributed by atoms with van der Waals surface area (Å²) in [6.07, 6.45) is 5.13.